The fourth-order valence-electron chi connectivity index (χ4n) is 1.03. The zero-order valence-corrected chi connectivity index (χ0v) is 10.6. The molecule has 0 aliphatic heterocycles. The maximum Gasteiger partial charge on any atom is 0.326 e. The summed E-state index contributed by atoms with van der Waals surface area (Å²) in [6.07, 6.45) is 0.357. The van der Waals surface area contributed by atoms with Crippen LogP contribution in [0.3, 0.4) is 0 Å². The first-order valence-corrected chi connectivity index (χ1v) is 6.18. The Bertz CT molecular complexity index is 250. The maximum atomic E-state index is 10.8. The van der Waals surface area contributed by atoms with Gasteiger partial charge in [-0.05, 0) is 26.0 Å². The second kappa shape index (κ2) is 6.75. The summed E-state index contributed by atoms with van der Waals surface area (Å²) in [7, 11) is 0. The SMILES string of the molecule is CC(=O)NC(CCSCC(C)(C)O)C(=O)O. The first-order chi connectivity index (χ1) is 7.22. The van der Waals surface area contributed by atoms with Crippen LogP contribution in [0.15, 0.2) is 0 Å². The van der Waals surface area contributed by atoms with E-state index in [1.165, 1.54) is 18.7 Å². The topological polar surface area (TPSA) is 86.6 Å². The number of aliphatic carboxylic acids is 1. The molecule has 0 aliphatic rings. The average molecular weight is 249 g/mol. The zero-order valence-electron chi connectivity index (χ0n) is 9.82. The van der Waals surface area contributed by atoms with Crippen LogP contribution in [0.1, 0.15) is 27.2 Å². The van der Waals surface area contributed by atoms with E-state index in [0.29, 0.717) is 17.9 Å². The average Bonchev–Trinajstić information content (AvgIpc) is 2.07. The van der Waals surface area contributed by atoms with E-state index in [0.717, 1.165) is 0 Å². The molecule has 6 heteroatoms. The number of amides is 1. The van der Waals surface area contributed by atoms with Crippen molar-refractivity contribution in [2.24, 2.45) is 0 Å². The standard InChI is InChI=1S/C10H19NO4S/c1-7(12)11-8(9(13)14)4-5-16-6-10(2,3)15/h8,15H,4-6H2,1-3H3,(H,11,12)(H,13,14). The first-order valence-electron chi connectivity index (χ1n) is 5.02. The lowest BCUT2D eigenvalue weighted by Gasteiger charge is -2.17. The van der Waals surface area contributed by atoms with Crippen LogP contribution in [0.25, 0.3) is 0 Å². The van der Waals surface area contributed by atoms with Gasteiger partial charge in [-0.15, -0.1) is 0 Å². The predicted molar refractivity (Wildman–Crippen MR) is 63.5 cm³/mol. The molecule has 94 valence electrons. The second-order valence-corrected chi connectivity index (χ2v) is 5.35. The van der Waals surface area contributed by atoms with Crippen molar-refractivity contribution in [3.05, 3.63) is 0 Å². The quantitative estimate of drug-likeness (QED) is 0.571. The largest absolute Gasteiger partial charge is 0.480 e. The van der Waals surface area contributed by atoms with E-state index in [1.54, 1.807) is 13.8 Å². The second-order valence-electron chi connectivity index (χ2n) is 4.25. The van der Waals surface area contributed by atoms with Crippen LogP contribution >= 0.6 is 11.8 Å². The molecule has 5 nitrogen and oxygen atoms in total. The summed E-state index contributed by atoms with van der Waals surface area (Å²) in [5, 5.41) is 20.6. The van der Waals surface area contributed by atoms with Crippen molar-refractivity contribution in [2.45, 2.75) is 38.8 Å². The third kappa shape index (κ3) is 8.55. The summed E-state index contributed by atoms with van der Waals surface area (Å²) in [6.45, 7) is 4.69. The Kier molecular flexibility index (Phi) is 6.43. The number of carboxylic acids is 1. The highest BCUT2D eigenvalue weighted by molar-refractivity contribution is 7.99. The van der Waals surface area contributed by atoms with Crippen molar-refractivity contribution < 1.29 is 19.8 Å². The summed E-state index contributed by atoms with van der Waals surface area (Å²) in [5.41, 5.74) is -0.753. The minimum absolute atomic E-state index is 0.347. The van der Waals surface area contributed by atoms with Crippen LogP contribution < -0.4 is 5.32 Å². The minimum atomic E-state index is -1.03. The molecule has 0 aliphatic carbocycles. The van der Waals surface area contributed by atoms with E-state index in [-0.39, 0.29) is 5.91 Å². The molecular formula is C10H19NO4S. The number of thioether (sulfide) groups is 1. The van der Waals surface area contributed by atoms with Gasteiger partial charge in [-0.25, -0.2) is 4.79 Å². The van der Waals surface area contributed by atoms with Crippen molar-refractivity contribution in [2.75, 3.05) is 11.5 Å². The van der Waals surface area contributed by atoms with Gasteiger partial charge in [0.05, 0.1) is 5.60 Å². The van der Waals surface area contributed by atoms with Crippen LogP contribution in [0.4, 0.5) is 0 Å². The minimum Gasteiger partial charge on any atom is -0.480 e. The fraction of sp³-hybridized carbons (Fsp3) is 0.800. The number of nitrogens with one attached hydrogen (secondary N) is 1. The normalized spacial score (nSPS) is 13.2. The molecule has 0 heterocycles. The van der Waals surface area contributed by atoms with Gasteiger partial charge in [0.1, 0.15) is 6.04 Å². The number of carbonyl (C=O) groups is 2. The lowest BCUT2D eigenvalue weighted by molar-refractivity contribution is -0.141. The molecule has 0 saturated heterocycles. The molecule has 16 heavy (non-hydrogen) atoms. The van der Waals surface area contributed by atoms with E-state index in [9.17, 15) is 14.7 Å². The summed E-state index contributed by atoms with van der Waals surface area (Å²) in [5.74, 6) is -0.250. The van der Waals surface area contributed by atoms with E-state index < -0.39 is 17.6 Å². The van der Waals surface area contributed by atoms with E-state index in [4.69, 9.17) is 5.11 Å². The molecule has 0 spiro atoms. The number of rotatable bonds is 7. The molecule has 0 radical (unpaired) electrons. The molecule has 0 saturated carbocycles. The summed E-state index contributed by atoms with van der Waals surface area (Å²) in [6, 6.07) is -0.841. The molecule has 1 amide bonds. The number of hydrogen-bond acceptors (Lipinski definition) is 4. The Labute approximate surface area is 99.6 Å². The van der Waals surface area contributed by atoms with Gasteiger partial charge < -0.3 is 15.5 Å². The molecule has 0 aromatic rings. The Morgan fingerprint density at radius 3 is 2.38 bits per heavy atom. The summed E-state index contributed by atoms with van der Waals surface area (Å²) in [4.78, 5) is 21.5. The molecule has 1 atom stereocenters. The van der Waals surface area contributed by atoms with Gasteiger partial charge in [-0.3, -0.25) is 4.79 Å². The Morgan fingerprint density at radius 1 is 1.44 bits per heavy atom. The van der Waals surface area contributed by atoms with Crippen LogP contribution in [-0.2, 0) is 9.59 Å². The molecule has 0 bridgehead atoms. The number of carboxylic acid groups (broad SMARTS) is 1. The van der Waals surface area contributed by atoms with Crippen molar-refractivity contribution >= 4 is 23.6 Å². The van der Waals surface area contributed by atoms with E-state index >= 15 is 0 Å². The highest BCUT2D eigenvalue weighted by Crippen LogP contribution is 2.13. The molecular weight excluding hydrogens is 230 g/mol. The van der Waals surface area contributed by atoms with Gasteiger partial charge in [0.25, 0.3) is 0 Å². The molecule has 1 unspecified atom stereocenters. The lowest BCUT2D eigenvalue weighted by Crippen LogP contribution is -2.40. The van der Waals surface area contributed by atoms with Crippen molar-refractivity contribution in [3.63, 3.8) is 0 Å². The lowest BCUT2D eigenvalue weighted by atomic mass is 10.2. The van der Waals surface area contributed by atoms with Gasteiger partial charge >= 0.3 is 5.97 Å². The van der Waals surface area contributed by atoms with Crippen LogP contribution in [0, 0.1) is 0 Å². The Morgan fingerprint density at radius 2 is 2.00 bits per heavy atom. The number of hydrogen-bond donors (Lipinski definition) is 3. The highest BCUT2D eigenvalue weighted by atomic mass is 32.2. The van der Waals surface area contributed by atoms with Gasteiger partial charge in [0.2, 0.25) is 5.91 Å². The van der Waals surface area contributed by atoms with E-state index in [2.05, 4.69) is 5.32 Å². The van der Waals surface area contributed by atoms with Crippen molar-refractivity contribution in [1.82, 2.24) is 5.32 Å². The Balaban J connectivity index is 3.86. The predicted octanol–water partition coefficient (Wildman–Crippen LogP) is 0.470. The molecule has 0 fully saturated rings. The van der Waals surface area contributed by atoms with E-state index in [1.807, 2.05) is 0 Å². The van der Waals surface area contributed by atoms with Gasteiger partial charge in [-0.2, -0.15) is 11.8 Å². The Hall–Kier alpha value is -0.750. The third-order valence-electron chi connectivity index (χ3n) is 1.68. The maximum absolute atomic E-state index is 10.8. The van der Waals surface area contributed by atoms with Gasteiger partial charge in [0.15, 0.2) is 0 Å². The smallest absolute Gasteiger partial charge is 0.326 e. The number of carbonyl (C=O) groups excluding carboxylic acids is 1. The van der Waals surface area contributed by atoms with Crippen LogP contribution in [0.5, 0.6) is 0 Å². The number of aliphatic hydroxyl groups is 1. The molecule has 0 rings (SSSR count). The molecule has 0 aromatic carbocycles. The van der Waals surface area contributed by atoms with Crippen LogP contribution in [-0.4, -0.2) is 45.2 Å². The molecule has 3 N–H and O–H groups in total. The summed E-state index contributed by atoms with van der Waals surface area (Å²) >= 11 is 1.47. The highest BCUT2D eigenvalue weighted by Gasteiger charge is 2.18. The molecule has 0 aromatic heterocycles. The zero-order chi connectivity index (χ0) is 12.8. The monoisotopic (exact) mass is 249 g/mol. The van der Waals surface area contributed by atoms with Crippen molar-refractivity contribution in [1.29, 1.82) is 0 Å². The van der Waals surface area contributed by atoms with Gasteiger partial charge in [0, 0.05) is 12.7 Å². The third-order valence-corrected chi connectivity index (χ3v) is 3.12. The first kappa shape index (κ1) is 15.2. The summed E-state index contributed by atoms with van der Waals surface area (Å²) < 4.78 is 0. The fourth-order valence-corrected chi connectivity index (χ4v) is 2.07. The van der Waals surface area contributed by atoms with Crippen molar-refractivity contribution in [3.8, 4) is 0 Å². The van der Waals surface area contributed by atoms with Gasteiger partial charge in [-0.1, -0.05) is 0 Å². The van der Waals surface area contributed by atoms with Crippen LogP contribution in [0.2, 0.25) is 0 Å².